The first-order valence-electron chi connectivity index (χ1n) is 4.65. The minimum atomic E-state index is -1.01. The summed E-state index contributed by atoms with van der Waals surface area (Å²) in [4.78, 5) is 34.3. The van der Waals surface area contributed by atoms with Gasteiger partial charge in [-0.15, -0.1) is 0 Å². The lowest BCUT2D eigenvalue weighted by atomic mass is 10.3. The standard InChI is InChI=1S/C10H7N3O4/c14-9-8(13(16)17)6-12(10(15)11-9)7-4-2-1-3-5-7/h1-6H,(H,11,14,15). The molecule has 0 aliphatic carbocycles. The third-order valence-corrected chi connectivity index (χ3v) is 2.15. The van der Waals surface area contributed by atoms with Crippen LogP contribution in [0.4, 0.5) is 5.69 Å². The number of aromatic amines is 1. The Morgan fingerprint density at radius 1 is 1.18 bits per heavy atom. The second-order valence-electron chi connectivity index (χ2n) is 3.24. The largest absolute Gasteiger partial charge is 0.350 e. The van der Waals surface area contributed by atoms with Crippen LogP contribution >= 0.6 is 0 Å². The first-order chi connectivity index (χ1) is 8.09. The van der Waals surface area contributed by atoms with Crippen molar-refractivity contribution in [2.45, 2.75) is 0 Å². The lowest BCUT2D eigenvalue weighted by Gasteiger charge is -2.03. The van der Waals surface area contributed by atoms with Crippen molar-refractivity contribution in [1.29, 1.82) is 0 Å². The Kier molecular flexibility index (Phi) is 2.57. The summed E-state index contributed by atoms with van der Waals surface area (Å²) in [5, 5.41) is 10.6. The van der Waals surface area contributed by atoms with Crippen LogP contribution in [0, 0.1) is 10.1 Å². The molecule has 0 radical (unpaired) electrons. The van der Waals surface area contributed by atoms with Crippen molar-refractivity contribution < 1.29 is 4.92 Å². The maximum absolute atomic E-state index is 11.5. The zero-order valence-corrected chi connectivity index (χ0v) is 8.49. The van der Waals surface area contributed by atoms with Crippen LogP contribution in [0.15, 0.2) is 46.1 Å². The molecule has 1 aromatic carbocycles. The van der Waals surface area contributed by atoms with Crippen LogP contribution in [0.2, 0.25) is 0 Å². The van der Waals surface area contributed by atoms with Gasteiger partial charge in [-0.05, 0) is 12.1 Å². The molecule has 0 spiro atoms. The van der Waals surface area contributed by atoms with Crippen molar-refractivity contribution in [2.24, 2.45) is 0 Å². The van der Waals surface area contributed by atoms with Crippen molar-refractivity contribution in [2.75, 3.05) is 0 Å². The minimum absolute atomic E-state index is 0.442. The monoisotopic (exact) mass is 233 g/mol. The molecule has 1 N–H and O–H groups in total. The van der Waals surface area contributed by atoms with Gasteiger partial charge in [-0.2, -0.15) is 0 Å². The van der Waals surface area contributed by atoms with Gasteiger partial charge < -0.3 is 0 Å². The number of benzene rings is 1. The Hall–Kier alpha value is -2.70. The quantitative estimate of drug-likeness (QED) is 0.600. The van der Waals surface area contributed by atoms with E-state index in [1.807, 2.05) is 4.98 Å². The molecule has 0 unspecified atom stereocenters. The first kappa shape index (κ1) is 10.8. The Morgan fingerprint density at radius 2 is 1.82 bits per heavy atom. The molecular formula is C10H7N3O4. The first-order valence-corrected chi connectivity index (χ1v) is 4.65. The Morgan fingerprint density at radius 3 is 2.41 bits per heavy atom. The molecule has 0 aliphatic heterocycles. The van der Waals surface area contributed by atoms with Crippen LogP contribution in [0.5, 0.6) is 0 Å². The van der Waals surface area contributed by atoms with Gasteiger partial charge in [0.1, 0.15) is 0 Å². The average Bonchev–Trinajstić information content (AvgIpc) is 2.29. The Labute approximate surface area is 94.1 Å². The smallest absolute Gasteiger partial charge is 0.268 e. The number of nitrogens with zero attached hydrogens (tertiary/aromatic N) is 2. The molecular weight excluding hydrogens is 226 g/mol. The van der Waals surface area contributed by atoms with E-state index in [-0.39, 0.29) is 0 Å². The van der Waals surface area contributed by atoms with Crippen molar-refractivity contribution in [3.8, 4) is 5.69 Å². The molecule has 86 valence electrons. The van der Waals surface area contributed by atoms with Gasteiger partial charge in [0.25, 0.3) is 0 Å². The fourth-order valence-corrected chi connectivity index (χ4v) is 1.37. The summed E-state index contributed by atoms with van der Waals surface area (Å²) in [6.45, 7) is 0. The number of hydrogen-bond donors (Lipinski definition) is 1. The van der Waals surface area contributed by atoms with Gasteiger partial charge in [-0.25, -0.2) is 4.79 Å². The van der Waals surface area contributed by atoms with E-state index >= 15 is 0 Å². The maximum atomic E-state index is 11.5. The number of aromatic nitrogens is 2. The molecule has 1 heterocycles. The van der Waals surface area contributed by atoms with Crippen LogP contribution in [0.3, 0.4) is 0 Å². The van der Waals surface area contributed by atoms with Crippen LogP contribution in [-0.4, -0.2) is 14.5 Å². The van der Waals surface area contributed by atoms with Crippen LogP contribution in [0.25, 0.3) is 5.69 Å². The maximum Gasteiger partial charge on any atom is 0.350 e. The van der Waals surface area contributed by atoms with Gasteiger partial charge in [0, 0.05) is 0 Å². The highest BCUT2D eigenvalue weighted by Crippen LogP contribution is 2.06. The summed E-state index contributed by atoms with van der Waals surface area (Å²) in [7, 11) is 0. The second kappa shape index (κ2) is 4.05. The molecule has 0 aliphatic rings. The van der Waals surface area contributed by atoms with Gasteiger partial charge >= 0.3 is 16.9 Å². The molecule has 1 aromatic heterocycles. The van der Waals surface area contributed by atoms with Gasteiger partial charge in [0.05, 0.1) is 16.8 Å². The molecule has 0 atom stereocenters. The Balaban J connectivity index is 2.72. The van der Waals surface area contributed by atoms with Crippen molar-refractivity contribution in [3.05, 3.63) is 67.5 Å². The summed E-state index contributed by atoms with van der Waals surface area (Å²) >= 11 is 0. The third-order valence-electron chi connectivity index (χ3n) is 2.15. The molecule has 0 bridgehead atoms. The van der Waals surface area contributed by atoms with E-state index in [0.717, 1.165) is 10.8 Å². The molecule has 0 fully saturated rings. The van der Waals surface area contributed by atoms with E-state index in [2.05, 4.69) is 0 Å². The van der Waals surface area contributed by atoms with Gasteiger partial charge in [0.15, 0.2) is 0 Å². The molecule has 2 aromatic rings. The highest BCUT2D eigenvalue weighted by atomic mass is 16.6. The van der Waals surface area contributed by atoms with Crippen molar-refractivity contribution >= 4 is 5.69 Å². The molecule has 7 heteroatoms. The molecule has 0 amide bonds. The normalized spacial score (nSPS) is 10.1. The number of para-hydroxylation sites is 1. The number of nitrogens with one attached hydrogen (secondary N) is 1. The van der Waals surface area contributed by atoms with E-state index in [1.165, 1.54) is 0 Å². The minimum Gasteiger partial charge on any atom is -0.268 e. The number of hydrogen-bond acceptors (Lipinski definition) is 4. The van der Waals surface area contributed by atoms with Crippen LogP contribution in [0.1, 0.15) is 0 Å². The second-order valence-corrected chi connectivity index (χ2v) is 3.24. The zero-order chi connectivity index (χ0) is 12.4. The topological polar surface area (TPSA) is 98.0 Å². The summed E-state index contributed by atoms with van der Waals surface area (Å²) in [5.41, 5.74) is -1.95. The summed E-state index contributed by atoms with van der Waals surface area (Å²) in [5.74, 6) is 0. The Bertz CT molecular complexity index is 672. The molecule has 0 saturated heterocycles. The summed E-state index contributed by atoms with van der Waals surface area (Å²) in [6.07, 6.45) is 0.913. The average molecular weight is 233 g/mol. The molecule has 7 nitrogen and oxygen atoms in total. The van der Waals surface area contributed by atoms with Crippen molar-refractivity contribution in [3.63, 3.8) is 0 Å². The highest BCUT2D eigenvalue weighted by Gasteiger charge is 2.15. The van der Waals surface area contributed by atoms with E-state index in [4.69, 9.17) is 0 Å². The SMILES string of the molecule is O=c1[nH]c(=O)n(-c2ccccc2)cc1[N+](=O)[O-]. The van der Waals surface area contributed by atoms with Gasteiger partial charge in [0.2, 0.25) is 0 Å². The number of rotatable bonds is 2. The summed E-state index contributed by atoms with van der Waals surface area (Å²) in [6, 6.07) is 8.30. The van der Waals surface area contributed by atoms with E-state index < -0.39 is 21.9 Å². The van der Waals surface area contributed by atoms with Gasteiger partial charge in [-0.1, -0.05) is 18.2 Å². The summed E-state index contributed by atoms with van der Waals surface area (Å²) < 4.78 is 1.01. The predicted octanol–water partition coefficient (Wildman–Crippen LogP) is 0.434. The third kappa shape index (κ3) is 1.98. The van der Waals surface area contributed by atoms with E-state index in [1.54, 1.807) is 30.3 Å². The van der Waals surface area contributed by atoms with E-state index in [0.29, 0.717) is 5.69 Å². The predicted molar refractivity (Wildman–Crippen MR) is 59.3 cm³/mol. The fourth-order valence-electron chi connectivity index (χ4n) is 1.37. The lowest BCUT2D eigenvalue weighted by molar-refractivity contribution is -0.386. The lowest BCUT2D eigenvalue weighted by Crippen LogP contribution is -2.29. The fraction of sp³-hybridized carbons (Fsp3) is 0. The van der Waals surface area contributed by atoms with Crippen LogP contribution < -0.4 is 11.2 Å². The molecule has 2 rings (SSSR count). The number of H-pyrrole nitrogens is 1. The van der Waals surface area contributed by atoms with Crippen molar-refractivity contribution in [1.82, 2.24) is 9.55 Å². The molecule has 17 heavy (non-hydrogen) atoms. The van der Waals surface area contributed by atoms with E-state index in [9.17, 15) is 19.7 Å². The zero-order valence-electron chi connectivity index (χ0n) is 8.49. The van der Waals surface area contributed by atoms with Crippen LogP contribution in [-0.2, 0) is 0 Å². The van der Waals surface area contributed by atoms with Gasteiger partial charge in [-0.3, -0.25) is 24.5 Å². The highest BCUT2D eigenvalue weighted by molar-refractivity contribution is 5.34. The molecule has 0 saturated carbocycles. The number of nitro groups is 1.